The fourth-order valence-electron chi connectivity index (χ4n) is 3.08. The van der Waals surface area contributed by atoms with Crippen LogP contribution in [0.4, 0.5) is 0 Å². The van der Waals surface area contributed by atoms with Crippen LogP contribution in [0.25, 0.3) is 0 Å². The summed E-state index contributed by atoms with van der Waals surface area (Å²) in [5, 5.41) is 0. The number of H-pyrrole nitrogens is 1. The van der Waals surface area contributed by atoms with Gasteiger partial charge in [0.25, 0.3) is 5.91 Å². The van der Waals surface area contributed by atoms with Crippen molar-refractivity contribution < 1.29 is 9.53 Å². The zero-order valence-corrected chi connectivity index (χ0v) is 15.0. The van der Waals surface area contributed by atoms with E-state index in [1.165, 1.54) is 5.56 Å². The molecule has 6 nitrogen and oxygen atoms in total. The van der Waals surface area contributed by atoms with Crippen LogP contribution < -0.4 is 4.74 Å². The Morgan fingerprint density at radius 3 is 2.52 bits per heavy atom. The van der Waals surface area contributed by atoms with Crippen LogP contribution in [0.3, 0.4) is 0 Å². The van der Waals surface area contributed by atoms with Gasteiger partial charge in [-0.1, -0.05) is 19.1 Å². The molecule has 0 atom stereocenters. The lowest BCUT2D eigenvalue weighted by atomic mass is 10.1. The van der Waals surface area contributed by atoms with E-state index in [0.29, 0.717) is 5.69 Å². The molecule has 134 valence electrons. The second-order valence-corrected chi connectivity index (χ2v) is 6.33. The number of piperazine rings is 1. The summed E-state index contributed by atoms with van der Waals surface area (Å²) in [5.41, 5.74) is 1.91. The molecule has 2 heterocycles. The van der Waals surface area contributed by atoms with Gasteiger partial charge < -0.3 is 14.6 Å². The highest BCUT2D eigenvalue weighted by molar-refractivity contribution is 5.92. The third-order valence-corrected chi connectivity index (χ3v) is 4.73. The molecule has 1 N–H and O–H groups in total. The average molecular weight is 342 g/mol. The van der Waals surface area contributed by atoms with Crippen LogP contribution in [0.1, 0.15) is 28.8 Å². The molecule has 0 aliphatic carbocycles. The monoisotopic (exact) mass is 342 g/mol. The van der Waals surface area contributed by atoms with Gasteiger partial charge in [-0.25, -0.2) is 4.98 Å². The summed E-state index contributed by atoms with van der Waals surface area (Å²) in [5.74, 6) is 1.81. The minimum Gasteiger partial charge on any atom is -0.497 e. The molecule has 25 heavy (non-hydrogen) atoms. The zero-order chi connectivity index (χ0) is 17.6. The van der Waals surface area contributed by atoms with Gasteiger partial charge in [-0.05, 0) is 24.1 Å². The minimum atomic E-state index is 0.0574. The number of carbonyl (C=O) groups excluding carboxylic acids is 1. The fourth-order valence-corrected chi connectivity index (χ4v) is 3.08. The number of aromatic amines is 1. The third-order valence-electron chi connectivity index (χ3n) is 4.73. The molecule has 3 rings (SSSR count). The smallest absolute Gasteiger partial charge is 0.272 e. The van der Waals surface area contributed by atoms with Crippen molar-refractivity contribution in [2.24, 2.45) is 0 Å². The van der Waals surface area contributed by atoms with Gasteiger partial charge in [0.2, 0.25) is 0 Å². The molecule has 2 aromatic rings. The van der Waals surface area contributed by atoms with E-state index < -0.39 is 0 Å². The Bertz CT molecular complexity index is 688. The fraction of sp³-hybridized carbons (Fsp3) is 0.474. The van der Waals surface area contributed by atoms with Crippen molar-refractivity contribution in [3.63, 3.8) is 0 Å². The first-order valence-corrected chi connectivity index (χ1v) is 8.88. The van der Waals surface area contributed by atoms with Gasteiger partial charge in [0.1, 0.15) is 17.3 Å². The maximum Gasteiger partial charge on any atom is 0.272 e. The second-order valence-electron chi connectivity index (χ2n) is 6.33. The third kappa shape index (κ3) is 4.39. The molecule has 6 heteroatoms. The molecule has 0 bridgehead atoms. The maximum atomic E-state index is 12.5. The summed E-state index contributed by atoms with van der Waals surface area (Å²) in [6.45, 7) is 6.39. The number of benzene rings is 1. The largest absolute Gasteiger partial charge is 0.497 e. The molecule has 0 unspecified atom stereocenters. The molecule has 0 saturated carbocycles. The lowest BCUT2D eigenvalue weighted by Crippen LogP contribution is -2.49. The number of amides is 1. The molecule has 0 radical (unpaired) electrons. The Hall–Kier alpha value is -2.34. The molecular formula is C19H26N4O2. The van der Waals surface area contributed by atoms with Crippen molar-refractivity contribution in [1.29, 1.82) is 0 Å². The molecular weight excluding hydrogens is 316 g/mol. The van der Waals surface area contributed by atoms with Gasteiger partial charge in [0.05, 0.1) is 13.3 Å². The number of aryl methyl sites for hydroxylation is 1. The van der Waals surface area contributed by atoms with Crippen molar-refractivity contribution >= 4 is 5.91 Å². The first-order valence-electron chi connectivity index (χ1n) is 8.88. The molecule has 1 aliphatic heterocycles. The topological polar surface area (TPSA) is 61.5 Å². The number of imidazole rings is 1. The predicted molar refractivity (Wildman–Crippen MR) is 97.0 cm³/mol. The van der Waals surface area contributed by atoms with Crippen molar-refractivity contribution in [3.05, 3.63) is 47.5 Å². The molecule has 1 fully saturated rings. The van der Waals surface area contributed by atoms with E-state index >= 15 is 0 Å². The number of aromatic nitrogens is 2. The second kappa shape index (κ2) is 8.16. The van der Waals surface area contributed by atoms with Gasteiger partial charge >= 0.3 is 0 Å². The van der Waals surface area contributed by atoms with Gasteiger partial charge in [0, 0.05) is 39.1 Å². The molecule has 0 spiro atoms. The maximum absolute atomic E-state index is 12.5. The minimum absolute atomic E-state index is 0.0574. The number of ether oxygens (including phenoxy) is 1. The normalized spacial score (nSPS) is 15.4. The number of hydrogen-bond donors (Lipinski definition) is 1. The van der Waals surface area contributed by atoms with E-state index in [-0.39, 0.29) is 5.91 Å². The standard InChI is InChI=1S/C19H26N4O2/c1-3-18-20-14-17(21-18)19(24)23-12-10-22(11-13-23)9-8-15-4-6-16(25-2)7-5-15/h4-7,14H,3,8-13H2,1-2H3,(H,20,21). The molecule has 1 amide bonds. The highest BCUT2D eigenvalue weighted by Crippen LogP contribution is 2.13. The number of carbonyl (C=O) groups is 1. The van der Waals surface area contributed by atoms with Crippen molar-refractivity contribution in [2.45, 2.75) is 19.8 Å². The van der Waals surface area contributed by atoms with Crippen LogP contribution in [0, 0.1) is 0 Å². The van der Waals surface area contributed by atoms with E-state index in [2.05, 4.69) is 27.0 Å². The van der Waals surface area contributed by atoms with Gasteiger partial charge in [-0.15, -0.1) is 0 Å². The quantitative estimate of drug-likeness (QED) is 0.872. The summed E-state index contributed by atoms with van der Waals surface area (Å²) in [7, 11) is 1.68. The Morgan fingerprint density at radius 1 is 1.20 bits per heavy atom. The van der Waals surface area contributed by atoms with Gasteiger partial charge in [-0.2, -0.15) is 0 Å². The number of methoxy groups -OCH3 is 1. The Balaban J connectivity index is 1.45. The molecule has 1 saturated heterocycles. The highest BCUT2D eigenvalue weighted by atomic mass is 16.5. The van der Waals surface area contributed by atoms with E-state index in [1.54, 1.807) is 13.3 Å². The first-order chi connectivity index (χ1) is 12.2. The molecule has 1 aromatic heterocycles. The van der Waals surface area contributed by atoms with Gasteiger partial charge in [0.15, 0.2) is 0 Å². The lowest BCUT2D eigenvalue weighted by Gasteiger charge is -2.34. The van der Waals surface area contributed by atoms with E-state index in [9.17, 15) is 4.79 Å². The van der Waals surface area contributed by atoms with E-state index in [4.69, 9.17) is 4.74 Å². The number of hydrogen-bond acceptors (Lipinski definition) is 4. The predicted octanol–water partition coefficient (Wildman–Crippen LogP) is 1.98. The van der Waals surface area contributed by atoms with E-state index in [1.807, 2.05) is 24.0 Å². The van der Waals surface area contributed by atoms with Crippen molar-refractivity contribution in [2.75, 3.05) is 39.8 Å². The van der Waals surface area contributed by atoms with E-state index in [0.717, 1.165) is 57.1 Å². The van der Waals surface area contributed by atoms with Crippen LogP contribution >= 0.6 is 0 Å². The van der Waals surface area contributed by atoms with Crippen LogP contribution in [0.5, 0.6) is 5.75 Å². The lowest BCUT2D eigenvalue weighted by molar-refractivity contribution is 0.0633. The summed E-state index contributed by atoms with van der Waals surface area (Å²) < 4.78 is 5.19. The Labute approximate surface area is 148 Å². The van der Waals surface area contributed by atoms with Crippen LogP contribution in [-0.2, 0) is 12.8 Å². The van der Waals surface area contributed by atoms with Crippen LogP contribution in [0.2, 0.25) is 0 Å². The van der Waals surface area contributed by atoms with Crippen molar-refractivity contribution in [1.82, 2.24) is 19.8 Å². The van der Waals surface area contributed by atoms with Gasteiger partial charge in [-0.3, -0.25) is 9.69 Å². The first kappa shape index (κ1) is 17.5. The zero-order valence-electron chi connectivity index (χ0n) is 15.0. The molecule has 1 aromatic carbocycles. The Kier molecular flexibility index (Phi) is 5.71. The summed E-state index contributed by atoms with van der Waals surface area (Å²) in [4.78, 5) is 24.1. The Morgan fingerprint density at radius 2 is 1.92 bits per heavy atom. The summed E-state index contributed by atoms with van der Waals surface area (Å²) in [6, 6.07) is 8.23. The molecule has 1 aliphatic rings. The summed E-state index contributed by atoms with van der Waals surface area (Å²) >= 11 is 0. The van der Waals surface area contributed by atoms with Crippen molar-refractivity contribution in [3.8, 4) is 5.75 Å². The summed E-state index contributed by atoms with van der Waals surface area (Å²) in [6.07, 6.45) is 3.47. The SMILES string of the molecule is CCc1ncc(C(=O)N2CCN(CCc3ccc(OC)cc3)CC2)[nH]1. The number of rotatable bonds is 6. The number of nitrogens with one attached hydrogen (secondary N) is 1. The number of nitrogens with zero attached hydrogens (tertiary/aromatic N) is 3. The van der Waals surface area contributed by atoms with Crippen LogP contribution in [0.15, 0.2) is 30.5 Å². The highest BCUT2D eigenvalue weighted by Gasteiger charge is 2.23. The average Bonchev–Trinajstić information content (AvgIpc) is 3.16. The van der Waals surface area contributed by atoms with Crippen LogP contribution in [-0.4, -0.2) is 65.5 Å².